The van der Waals surface area contributed by atoms with Crippen molar-refractivity contribution in [3.8, 4) is 17.2 Å². The van der Waals surface area contributed by atoms with Crippen molar-refractivity contribution < 1.29 is 13.9 Å². The molecule has 0 radical (unpaired) electrons. The van der Waals surface area contributed by atoms with E-state index in [1.807, 2.05) is 36.4 Å². The fraction of sp³-hybridized carbons (Fsp3) is 0.143. The van der Waals surface area contributed by atoms with Crippen molar-refractivity contribution in [1.29, 1.82) is 0 Å². The largest absolute Gasteiger partial charge is 0.497 e. The molecule has 4 aromatic rings. The lowest BCUT2D eigenvalue weighted by Gasteiger charge is -2.06. The second-order valence-corrected chi connectivity index (χ2v) is 6.50. The third-order valence-electron chi connectivity index (χ3n) is 4.90. The van der Waals surface area contributed by atoms with Crippen molar-refractivity contribution in [3.63, 3.8) is 0 Å². The number of benzene rings is 1. The van der Waals surface area contributed by atoms with Crippen molar-refractivity contribution in [1.82, 2.24) is 15.0 Å². The fourth-order valence-electron chi connectivity index (χ4n) is 3.52. The highest BCUT2D eigenvalue weighted by molar-refractivity contribution is 6.05. The zero-order valence-corrected chi connectivity index (χ0v) is 14.5. The van der Waals surface area contributed by atoms with Gasteiger partial charge in [0.1, 0.15) is 11.3 Å². The number of oxazole rings is 1. The second kappa shape index (κ2) is 6.02. The number of ketones is 1. The minimum Gasteiger partial charge on any atom is -0.497 e. The van der Waals surface area contributed by atoms with Gasteiger partial charge in [-0.1, -0.05) is 0 Å². The van der Waals surface area contributed by atoms with E-state index in [-0.39, 0.29) is 11.7 Å². The van der Waals surface area contributed by atoms with E-state index in [4.69, 9.17) is 9.15 Å². The summed E-state index contributed by atoms with van der Waals surface area (Å²) in [5, 5.41) is 0. The van der Waals surface area contributed by atoms with Crippen LogP contribution < -0.4 is 4.74 Å². The van der Waals surface area contributed by atoms with Gasteiger partial charge < -0.3 is 9.15 Å². The first kappa shape index (κ1) is 15.7. The molecule has 1 atom stereocenters. The summed E-state index contributed by atoms with van der Waals surface area (Å²) in [4.78, 5) is 25.8. The highest BCUT2D eigenvalue weighted by atomic mass is 16.5. The highest BCUT2D eigenvalue weighted by Crippen LogP contribution is 2.36. The molecule has 0 N–H and O–H groups in total. The monoisotopic (exact) mass is 357 g/mol. The second-order valence-electron chi connectivity index (χ2n) is 6.50. The predicted octanol–water partition coefficient (Wildman–Crippen LogP) is 3.82. The van der Waals surface area contributed by atoms with Crippen LogP contribution in [0.1, 0.15) is 27.4 Å². The van der Waals surface area contributed by atoms with Gasteiger partial charge in [0.2, 0.25) is 11.6 Å². The molecule has 0 fully saturated rings. The number of nitrogens with zero attached hydrogens (tertiary/aromatic N) is 3. The number of rotatable bonds is 3. The van der Waals surface area contributed by atoms with Gasteiger partial charge in [-0.2, -0.15) is 0 Å². The molecule has 132 valence electrons. The van der Waals surface area contributed by atoms with Crippen LogP contribution in [0.4, 0.5) is 0 Å². The van der Waals surface area contributed by atoms with Gasteiger partial charge in [0.15, 0.2) is 5.78 Å². The Hall–Kier alpha value is -3.54. The fourth-order valence-corrected chi connectivity index (χ4v) is 3.52. The number of hydrogen-bond acceptors (Lipinski definition) is 6. The Morgan fingerprint density at radius 1 is 1.19 bits per heavy atom. The first-order valence-corrected chi connectivity index (χ1v) is 8.61. The van der Waals surface area contributed by atoms with Crippen LogP contribution >= 0.6 is 0 Å². The number of fused-ring (bicyclic) bond motifs is 2. The van der Waals surface area contributed by atoms with Crippen LogP contribution in [-0.4, -0.2) is 27.8 Å². The molecule has 0 bridgehead atoms. The van der Waals surface area contributed by atoms with Gasteiger partial charge in [-0.25, -0.2) is 9.97 Å². The SMILES string of the molecule is COc1ccc2c(c1)CC(c1cnc3oc(-c4cccnc4)nc3c1)C2=O. The van der Waals surface area contributed by atoms with Crippen LogP contribution in [-0.2, 0) is 6.42 Å². The third kappa shape index (κ3) is 2.57. The van der Waals surface area contributed by atoms with Crippen molar-refractivity contribution in [3.05, 3.63) is 71.7 Å². The zero-order valence-electron chi connectivity index (χ0n) is 14.5. The number of carbonyl (C=O) groups is 1. The molecule has 6 heteroatoms. The van der Waals surface area contributed by atoms with Crippen molar-refractivity contribution >= 4 is 17.0 Å². The smallest absolute Gasteiger partial charge is 0.247 e. The van der Waals surface area contributed by atoms with Gasteiger partial charge in [-0.15, -0.1) is 0 Å². The number of pyridine rings is 2. The Bertz CT molecular complexity index is 1170. The van der Waals surface area contributed by atoms with Gasteiger partial charge >= 0.3 is 0 Å². The molecule has 1 aromatic carbocycles. The van der Waals surface area contributed by atoms with Crippen molar-refractivity contribution in [2.45, 2.75) is 12.3 Å². The molecule has 3 aromatic heterocycles. The van der Waals surface area contributed by atoms with Crippen LogP contribution in [0.3, 0.4) is 0 Å². The molecule has 1 aliphatic carbocycles. The maximum absolute atomic E-state index is 12.8. The van der Waals surface area contributed by atoms with E-state index in [9.17, 15) is 4.79 Å². The molecule has 1 aliphatic rings. The lowest BCUT2D eigenvalue weighted by atomic mass is 9.97. The molecule has 0 amide bonds. The van der Waals surface area contributed by atoms with E-state index >= 15 is 0 Å². The van der Waals surface area contributed by atoms with Gasteiger partial charge in [0.25, 0.3) is 0 Å². The standard InChI is InChI=1S/C21H15N3O3/c1-26-15-4-5-16-13(7-15)8-17(19(16)25)14-9-18-21(23-11-14)27-20(24-18)12-3-2-6-22-10-12/h2-7,9-11,17H,8H2,1H3. The molecule has 27 heavy (non-hydrogen) atoms. The molecular formula is C21H15N3O3. The third-order valence-corrected chi connectivity index (χ3v) is 4.90. The molecule has 0 spiro atoms. The Kier molecular flexibility index (Phi) is 3.50. The number of ether oxygens (including phenoxy) is 1. The average molecular weight is 357 g/mol. The summed E-state index contributed by atoms with van der Waals surface area (Å²) in [6.07, 6.45) is 5.72. The molecule has 5 rings (SSSR count). The van der Waals surface area contributed by atoms with E-state index in [0.29, 0.717) is 23.5 Å². The summed E-state index contributed by atoms with van der Waals surface area (Å²) in [5.74, 6) is 1.06. The quantitative estimate of drug-likeness (QED) is 0.555. The summed E-state index contributed by atoms with van der Waals surface area (Å²) < 4.78 is 11.0. The van der Waals surface area contributed by atoms with Crippen molar-refractivity contribution in [2.75, 3.05) is 7.11 Å². The molecule has 6 nitrogen and oxygen atoms in total. The van der Waals surface area contributed by atoms with Gasteiger partial charge in [0.05, 0.1) is 18.6 Å². The summed E-state index contributed by atoms with van der Waals surface area (Å²) in [7, 11) is 1.62. The highest BCUT2D eigenvalue weighted by Gasteiger charge is 2.32. The van der Waals surface area contributed by atoms with Crippen molar-refractivity contribution in [2.24, 2.45) is 0 Å². The number of methoxy groups -OCH3 is 1. The molecule has 0 saturated carbocycles. The van der Waals surface area contributed by atoms with Crippen LogP contribution in [0.2, 0.25) is 0 Å². The van der Waals surface area contributed by atoms with Gasteiger partial charge in [-0.05, 0) is 53.9 Å². The maximum atomic E-state index is 12.8. The predicted molar refractivity (Wildman–Crippen MR) is 98.8 cm³/mol. The molecule has 1 unspecified atom stereocenters. The van der Waals surface area contributed by atoms with Gasteiger partial charge in [-0.3, -0.25) is 9.78 Å². The summed E-state index contributed by atoms with van der Waals surface area (Å²) in [6, 6.07) is 11.2. The summed E-state index contributed by atoms with van der Waals surface area (Å²) in [5.41, 5.74) is 4.45. The minimum absolute atomic E-state index is 0.102. The minimum atomic E-state index is -0.262. The summed E-state index contributed by atoms with van der Waals surface area (Å²) in [6.45, 7) is 0. The van der Waals surface area contributed by atoms with Crippen LogP contribution in [0.25, 0.3) is 22.7 Å². The van der Waals surface area contributed by atoms with Crippen LogP contribution in [0, 0.1) is 0 Å². The normalized spacial score (nSPS) is 15.9. The number of hydrogen-bond donors (Lipinski definition) is 0. The number of Topliss-reactive ketones (excluding diaryl/α,β-unsaturated/α-hetero) is 1. The Balaban J connectivity index is 1.51. The molecule has 3 heterocycles. The topological polar surface area (TPSA) is 78.1 Å². The Morgan fingerprint density at radius 3 is 2.93 bits per heavy atom. The van der Waals surface area contributed by atoms with Gasteiger partial charge in [0, 0.05) is 24.2 Å². The first-order chi connectivity index (χ1) is 13.2. The summed E-state index contributed by atoms with van der Waals surface area (Å²) >= 11 is 0. The number of carbonyl (C=O) groups excluding carboxylic acids is 1. The molecule has 0 aliphatic heterocycles. The Morgan fingerprint density at radius 2 is 2.11 bits per heavy atom. The lowest BCUT2D eigenvalue weighted by molar-refractivity contribution is 0.0973. The lowest BCUT2D eigenvalue weighted by Crippen LogP contribution is -2.07. The maximum Gasteiger partial charge on any atom is 0.247 e. The van der Waals surface area contributed by atoms with E-state index in [2.05, 4.69) is 15.0 Å². The molecule has 0 saturated heterocycles. The average Bonchev–Trinajstić information content (AvgIpc) is 3.29. The first-order valence-electron chi connectivity index (χ1n) is 8.61. The van der Waals surface area contributed by atoms with E-state index in [0.717, 1.165) is 28.0 Å². The molecular weight excluding hydrogens is 342 g/mol. The van der Waals surface area contributed by atoms with E-state index in [1.165, 1.54) is 0 Å². The van der Waals surface area contributed by atoms with Crippen LogP contribution in [0.5, 0.6) is 5.75 Å². The van der Waals surface area contributed by atoms with Crippen LogP contribution in [0.15, 0.2) is 59.4 Å². The zero-order chi connectivity index (χ0) is 18.4. The Labute approximate surface area is 154 Å². The number of aromatic nitrogens is 3. The van der Waals surface area contributed by atoms with E-state index < -0.39 is 0 Å². The van der Waals surface area contributed by atoms with E-state index in [1.54, 1.807) is 25.7 Å².